The van der Waals surface area contributed by atoms with Gasteiger partial charge in [0.15, 0.2) is 5.96 Å². The van der Waals surface area contributed by atoms with Crippen molar-refractivity contribution in [3.05, 3.63) is 29.3 Å². The van der Waals surface area contributed by atoms with E-state index >= 15 is 0 Å². The van der Waals surface area contributed by atoms with Crippen molar-refractivity contribution >= 4 is 11.6 Å². The van der Waals surface area contributed by atoms with Crippen molar-refractivity contribution in [1.29, 1.82) is 0 Å². The minimum atomic E-state index is -4.44. The van der Waals surface area contributed by atoms with Crippen LogP contribution in [-0.4, -0.2) is 63.5 Å². The van der Waals surface area contributed by atoms with Crippen LogP contribution >= 0.6 is 0 Å². The molecule has 0 aliphatic carbocycles. The zero-order valence-corrected chi connectivity index (χ0v) is 14.5. The Morgan fingerprint density at radius 1 is 1.04 bits per heavy atom. The van der Waals surface area contributed by atoms with E-state index in [4.69, 9.17) is 15.2 Å². The Labute approximate surface area is 150 Å². The maximum absolute atomic E-state index is 13.5. The second-order valence-electron chi connectivity index (χ2n) is 6.21. The van der Waals surface area contributed by atoms with E-state index in [2.05, 4.69) is 4.99 Å². The first kappa shape index (κ1) is 18.8. The predicted octanol–water partition coefficient (Wildman–Crippen LogP) is 1.69. The number of hydrogen-bond donors (Lipinski definition) is 1. The van der Waals surface area contributed by atoms with E-state index < -0.39 is 11.7 Å². The topological polar surface area (TPSA) is 63.3 Å². The molecule has 2 saturated heterocycles. The van der Waals surface area contributed by atoms with Crippen molar-refractivity contribution in [3.63, 3.8) is 0 Å². The molecule has 0 saturated carbocycles. The molecule has 0 unspecified atom stereocenters. The van der Waals surface area contributed by atoms with E-state index in [1.54, 1.807) is 6.07 Å². The number of halogens is 3. The van der Waals surface area contributed by atoms with Crippen LogP contribution in [0.3, 0.4) is 0 Å². The average Bonchev–Trinajstić information content (AvgIpc) is 2.66. The summed E-state index contributed by atoms with van der Waals surface area (Å²) in [5.74, 6) is 0.249. The Hall–Kier alpha value is -2.00. The van der Waals surface area contributed by atoms with Gasteiger partial charge in [0.05, 0.1) is 38.5 Å². The van der Waals surface area contributed by atoms with Gasteiger partial charge in [0.1, 0.15) is 0 Å². The van der Waals surface area contributed by atoms with Crippen molar-refractivity contribution in [1.82, 2.24) is 4.90 Å². The third kappa shape index (κ3) is 4.59. The van der Waals surface area contributed by atoms with Crippen molar-refractivity contribution < 1.29 is 22.6 Å². The van der Waals surface area contributed by atoms with E-state index in [1.807, 2.05) is 9.80 Å². The van der Waals surface area contributed by atoms with Crippen LogP contribution < -0.4 is 10.6 Å². The van der Waals surface area contributed by atoms with Gasteiger partial charge in [-0.15, -0.1) is 0 Å². The summed E-state index contributed by atoms with van der Waals surface area (Å²) in [6.45, 7) is 4.36. The molecule has 26 heavy (non-hydrogen) atoms. The first-order valence-electron chi connectivity index (χ1n) is 8.60. The Balaban J connectivity index is 1.79. The van der Waals surface area contributed by atoms with Crippen LogP contribution in [0.2, 0.25) is 0 Å². The van der Waals surface area contributed by atoms with Crippen LogP contribution in [0.15, 0.2) is 23.2 Å². The molecule has 2 aliphatic heterocycles. The highest BCUT2D eigenvalue weighted by atomic mass is 19.4. The van der Waals surface area contributed by atoms with E-state index in [0.717, 1.165) is 0 Å². The van der Waals surface area contributed by atoms with Gasteiger partial charge in [-0.25, -0.2) is 4.99 Å². The molecule has 6 nitrogen and oxygen atoms in total. The van der Waals surface area contributed by atoms with E-state index in [-0.39, 0.29) is 18.1 Å². The summed E-state index contributed by atoms with van der Waals surface area (Å²) < 4.78 is 51.1. The number of hydrogen-bond acceptors (Lipinski definition) is 4. The molecule has 2 N–H and O–H groups in total. The second-order valence-corrected chi connectivity index (χ2v) is 6.21. The summed E-state index contributed by atoms with van der Waals surface area (Å²) in [6, 6.07) is 4.39. The lowest BCUT2D eigenvalue weighted by molar-refractivity contribution is -0.138. The van der Waals surface area contributed by atoms with Crippen LogP contribution in [0.5, 0.6) is 0 Å². The maximum Gasteiger partial charge on any atom is 0.416 e. The molecule has 1 aromatic rings. The molecule has 2 heterocycles. The number of morpholine rings is 2. The van der Waals surface area contributed by atoms with E-state index in [1.165, 1.54) is 12.1 Å². The Morgan fingerprint density at radius 2 is 1.65 bits per heavy atom. The van der Waals surface area contributed by atoms with Crippen LogP contribution in [0.1, 0.15) is 11.1 Å². The fourth-order valence-corrected chi connectivity index (χ4v) is 3.04. The number of benzene rings is 1. The van der Waals surface area contributed by atoms with Crippen molar-refractivity contribution in [3.8, 4) is 0 Å². The zero-order valence-electron chi connectivity index (χ0n) is 14.5. The SMILES string of the molecule is NC(=NCc1ccc(N2CCOCC2)cc1C(F)(F)F)N1CCOCC1. The number of alkyl halides is 3. The monoisotopic (exact) mass is 372 g/mol. The molecule has 2 fully saturated rings. The van der Waals surface area contributed by atoms with Crippen LogP contribution in [-0.2, 0) is 22.2 Å². The number of ether oxygens (including phenoxy) is 2. The van der Waals surface area contributed by atoms with Gasteiger partial charge >= 0.3 is 6.18 Å². The lowest BCUT2D eigenvalue weighted by atomic mass is 10.1. The number of anilines is 1. The van der Waals surface area contributed by atoms with Gasteiger partial charge in [-0.1, -0.05) is 6.07 Å². The second kappa shape index (κ2) is 8.13. The number of guanidine groups is 1. The van der Waals surface area contributed by atoms with Gasteiger partial charge in [0, 0.05) is 31.9 Å². The summed E-state index contributed by atoms with van der Waals surface area (Å²) in [4.78, 5) is 7.88. The molecule has 0 aromatic heterocycles. The Bertz CT molecular complexity index is 639. The van der Waals surface area contributed by atoms with Gasteiger partial charge < -0.3 is 25.0 Å². The van der Waals surface area contributed by atoms with E-state index in [0.29, 0.717) is 58.3 Å². The molecule has 0 amide bonds. The molecule has 144 valence electrons. The van der Waals surface area contributed by atoms with Gasteiger partial charge in [0.25, 0.3) is 0 Å². The number of nitrogens with two attached hydrogens (primary N) is 1. The molecular formula is C17H23F3N4O2. The highest BCUT2D eigenvalue weighted by Gasteiger charge is 2.34. The fraction of sp³-hybridized carbons (Fsp3) is 0.588. The first-order chi connectivity index (χ1) is 12.4. The number of aliphatic imine (C=N–C) groups is 1. The minimum absolute atomic E-state index is 0.110. The summed E-state index contributed by atoms with van der Waals surface area (Å²) in [5.41, 5.74) is 5.92. The molecule has 0 atom stereocenters. The van der Waals surface area contributed by atoms with Crippen LogP contribution in [0.25, 0.3) is 0 Å². The molecule has 3 rings (SSSR count). The summed E-state index contributed by atoms with van der Waals surface area (Å²) in [6.07, 6.45) is -4.44. The minimum Gasteiger partial charge on any atom is -0.378 e. The highest BCUT2D eigenvalue weighted by Crippen LogP contribution is 2.35. The summed E-state index contributed by atoms with van der Waals surface area (Å²) in [7, 11) is 0. The molecular weight excluding hydrogens is 349 g/mol. The quantitative estimate of drug-likeness (QED) is 0.646. The lowest BCUT2D eigenvalue weighted by Crippen LogP contribution is -2.44. The maximum atomic E-state index is 13.5. The third-order valence-electron chi connectivity index (χ3n) is 4.52. The molecule has 9 heteroatoms. The zero-order chi connectivity index (χ0) is 18.6. The lowest BCUT2D eigenvalue weighted by Gasteiger charge is -2.30. The Kier molecular flexibility index (Phi) is 5.87. The number of rotatable bonds is 3. The van der Waals surface area contributed by atoms with Gasteiger partial charge in [-0.2, -0.15) is 13.2 Å². The van der Waals surface area contributed by atoms with Gasteiger partial charge in [-0.3, -0.25) is 0 Å². The smallest absolute Gasteiger partial charge is 0.378 e. The fourth-order valence-electron chi connectivity index (χ4n) is 3.04. The summed E-state index contributed by atoms with van der Waals surface area (Å²) in [5, 5.41) is 0. The molecule has 0 radical (unpaired) electrons. The predicted molar refractivity (Wildman–Crippen MR) is 92.2 cm³/mol. The molecule has 2 aliphatic rings. The normalized spacial score (nSPS) is 19.7. The molecule has 1 aromatic carbocycles. The molecule has 0 bridgehead atoms. The van der Waals surface area contributed by atoms with Crippen molar-refractivity contribution in [2.75, 3.05) is 57.5 Å². The third-order valence-corrected chi connectivity index (χ3v) is 4.52. The van der Waals surface area contributed by atoms with Gasteiger partial charge in [0.2, 0.25) is 0 Å². The first-order valence-corrected chi connectivity index (χ1v) is 8.60. The van der Waals surface area contributed by atoms with Crippen LogP contribution in [0, 0.1) is 0 Å². The van der Waals surface area contributed by atoms with Crippen LogP contribution in [0.4, 0.5) is 18.9 Å². The van der Waals surface area contributed by atoms with Crippen molar-refractivity contribution in [2.45, 2.75) is 12.7 Å². The Morgan fingerprint density at radius 3 is 2.27 bits per heavy atom. The number of nitrogens with zero attached hydrogens (tertiary/aromatic N) is 3. The average molecular weight is 372 g/mol. The van der Waals surface area contributed by atoms with Gasteiger partial charge in [-0.05, 0) is 17.7 Å². The highest BCUT2D eigenvalue weighted by molar-refractivity contribution is 5.78. The standard InChI is InChI=1S/C17H23F3N4O2/c18-17(19,20)15-11-14(23-3-7-25-8-4-23)2-1-13(15)12-22-16(21)24-5-9-26-10-6-24/h1-2,11H,3-10,12H2,(H2,21,22). The van der Waals surface area contributed by atoms with Crippen molar-refractivity contribution in [2.24, 2.45) is 10.7 Å². The largest absolute Gasteiger partial charge is 0.416 e. The molecule has 0 spiro atoms. The summed E-state index contributed by atoms with van der Waals surface area (Å²) >= 11 is 0. The van der Waals surface area contributed by atoms with E-state index in [9.17, 15) is 13.2 Å².